The Hall–Kier alpha value is -2.37. The zero-order chi connectivity index (χ0) is 18.8. The summed E-state index contributed by atoms with van der Waals surface area (Å²) in [5.74, 6) is 1.26. The summed E-state index contributed by atoms with van der Waals surface area (Å²) in [5.41, 5.74) is 4.97. The molecule has 27 heavy (non-hydrogen) atoms. The van der Waals surface area contributed by atoms with Crippen molar-refractivity contribution >= 4 is 17.3 Å². The SMILES string of the molecule is Cc1cccc(N2CCN(Cc3nc(-c4ccc(Cl)cc4)no3)CC2)c1C. The van der Waals surface area contributed by atoms with Gasteiger partial charge in [0.05, 0.1) is 6.54 Å². The fourth-order valence-electron chi connectivity index (χ4n) is 3.45. The maximum absolute atomic E-state index is 5.93. The minimum absolute atomic E-state index is 0.607. The van der Waals surface area contributed by atoms with Crippen molar-refractivity contribution in [2.45, 2.75) is 20.4 Å². The van der Waals surface area contributed by atoms with E-state index in [1.165, 1.54) is 16.8 Å². The first-order chi connectivity index (χ1) is 13.1. The molecule has 0 spiro atoms. The molecule has 0 unspecified atom stereocenters. The van der Waals surface area contributed by atoms with Crippen molar-refractivity contribution in [1.82, 2.24) is 15.0 Å². The summed E-state index contributed by atoms with van der Waals surface area (Å²) in [7, 11) is 0. The average Bonchev–Trinajstić information content (AvgIpc) is 3.14. The van der Waals surface area contributed by atoms with Gasteiger partial charge in [0.15, 0.2) is 0 Å². The summed E-state index contributed by atoms with van der Waals surface area (Å²) < 4.78 is 5.45. The Morgan fingerprint density at radius 3 is 2.48 bits per heavy atom. The van der Waals surface area contributed by atoms with Crippen molar-refractivity contribution < 1.29 is 4.52 Å². The minimum Gasteiger partial charge on any atom is -0.369 e. The molecule has 2 aromatic carbocycles. The third-order valence-electron chi connectivity index (χ3n) is 5.22. The molecular weight excluding hydrogens is 360 g/mol. The molecule has 1 aliphatic heterocycles. The van der Waals surface area contributed by atoms with Gasteiger partial charge in [0.2, 0.25) is 11.7 Å². The van der Waals surface area contributed by atoms with Crippen LogP contribution in [0.2, 0.25) is 5.02 Å². The van der Waals surface area contributed by atoms with E-state index in [1.54, 1.807) is 0 Å². The number of rotatable bonds is 4. The Balaban J connectivity index is 1.37. The van der Waals surface area contributed by atoms with Crippen LogP contribution in [0.4, 0.5) is 5.69 Å². The molecule has 140 valence electrons. The lowest BCUT2D eigenvalue weighted by atomic mass is 10.1. The predicted molar refractivity (Wildman–Crippen MR) is 108 cm³/mol. The number of hydrogen-bond donors (Lipinski definition) is 0. The molecule has 0 radical (unpaired) electrons. The van der Waals surface area contributed by atoms with Gasteiger partial charge in [0, 0.05) is 42.5 Å². The van der Waals surface area contributed by atoms with Crippen LogP contribution in [0.5, 0.6) is 0 Å². The van der Waals surface area contributed by atoms with E-state index < -0.39 is 0 Å². The molecule has 0 bridgehead atoms. The van der Waals surface area contributed by atoms with Crippen LogP contribution in [-0.2, 0) is 6.54 Å². The number of anilines is 1. The first kappa shape index (κ1) is 18.0. The quantitative estimate of drug-likeness (QED) is 0.672. The number of halogens is 1. The zero-order valence-corrected chi connectivity index (χ0v) is 16.4. The van der Waals surface area contributed by atoms with E-state index in [1.807, 2.05) is 24.3 Å². The van der Waals surface area contributed by atoms with Crippen molar-refractivity contribution in [3.05, 3.63) is 64.5 Å². The van der Waals surface area contributed by atoms with Crippen LogP contribution in [0.25, 0.3) is 11.4 Å². The Morgan fingerprint density at radius 1 is 1.00 bits per heavy atom. The molecule has 5 nitrogen and oxygen atoms in total. The maximum Gasteiger partial charge on any atom is 0.241 e. The lowest BCUT2D eigenvalue weighted by molar-refractivity contribution is 0.215. The van der Waals surface area contributed by atoms with Gasteiger partial charge in [0.25, 0.3) is 0 Å². The molecule has 0 N–H and O–H groups in total. The Labute approximate surface area is 164 Å². The smallest absolute Gasteiger partial charge is 0.241 e. The topological polar surface area (TPSA) is 45.4 Å². The van der Waals surface area contributed by atoms with E-state index >= 15 is 0 Å². The maximum atomic E-state index is 5.93. The molecule has 0 aliphatic carbocycles. The number of nitrogens with zero attached hydrogens (tertiary/aromatic N) is 4. The number of aryl methyl sites for hydroxylation is 1. The molecule has 1 aromatic heterocycles. The third kappa shape index (κ3) is 3.99. The van der Waals surface area contributed by atoms with Crippen LogP contribution in [0.1, 0.15) is 17.0 Å². The van der Waals surface area contributed by atoms with E-state index in [4.69, 9.17) is 16.1 Å². The second-order valence-corrected chi connectivity index (χ2v) is 7.44. The van der Waals surface area contributed by atoms with Crippen LogP contribution in [0, 0.1) is 13.8 Å². The summed E-state index contributed by atoms with van der Waals surface area (Å²) in [4.78, 5) is 9.36. The average molecular weight is 383 g/mol. The molecule has 0 atom stereocenters. The normalized spacial score (nSPS) is 15.3. The summed E-state index contributed by atoms with van der Waals surface area (Å²) >= 11 is 5.93. The second-order valence-electron chi connectivity index (χ2n) is 7.00. The highest BCUT2D eigenvalue weighted by atomic mass is 35.5. The Bertz CT molecular complexity index is 914. The van der Waals surface area contributed by atoms with Gasteiger partial charge >= 0.3 is 0 Å². The summed E-state index contributed by atoms with van der Waals surface area (Å²) in [5, 5.41) is 4.80. The van der Waals surface area contributed by atoms with Crippen LogP contribution in [0.15, 0.2) is 47.0 Å². The molecule has 6 heteroatoms. The highest BCUT2D eigenvalue weighted by Gasteiger charge is 2.21. The van der Waals surface area contributed by atoms with E-state index in [2.05, 4.69) is 52.0 Å². The monoisotopic (exact) mass is 382 g/mol. The van der Waals surface area contributed by atoms with Crippen molar-refractivity contribution in [2.24, 2.45) is 0 Å². The van der Waals surface area contributed by atoms with E-state index in [9.17, 15) is 0 Å². The number of piperazine rings is 1. The second kappa shape index (κ2) is 7.71. The highest BCUT2D eigenvalue weighted by molar-refractivity contribution is 6.30. The first-order valence-corrected chi connectivity index (χ1v) is 9.60. The van der Waals surface area contributed by atoms with Crippen LogP contribution < -0.4 is 4.90 Å². The van der Waals surface area contributed by atoms with Gasteiger partial charge in [-0.15, -0.1) is 0 Å². The van der Waals surface area contributed by atoms with Crippen molar-refractivity contribution in [3.63, 3.8) is 0 Å². The van der Waals surface area contributed by atoms with Gasteiger partial charge in [-0.05, 0) is 55.3 Å². The van der Waals surface area contributed by atoms with E-state index in [0.29, 0.717) is 23.3 Å². The van der Waals surface area contributed by atoms with E-state index in [0.717, 1.165) is 31.7 Å². The lowest BCUT2D eigenvalue weighted by Gasteiger charge is -2.36. The number of hydrogen-bond acceptors (Lipinski definition) is 5. The molecule has 1 aliphatic rings. The van der Waals surface area contributed by atoms with Crippen LogP contribution in [-0.4, -0.2) is 41.2 Å². The minimum atomic E-state index is 0.607. The van der Waals surface area contributed by atoms with Crippen molar-refractivity contribution in [2.75, 3.05) is 31.1 Å². The van der Waals surface area contributed by atoms with Crippen molar-refractivity contribution in [3.8, 4) is 11.4 Å². The fraction of sp³-hybridized carbons (Fsp3) is 0.333. The summed E-state index contributed by atoms with van der Waals surface area (Å²) in [6.45, 7) is 9.01. The van der Waals surface area contributed by atoms with Crippen LogP contribution >= 0.6 is 11.6 Å². The fourth-order valence-corrected chi connectivity index (χ4v) is 3.58. The molecule has 1 fully saturated rings. The van der Waals surface area contributed by atoms with Gasteiger partial charge in [-0.2, -0.15) is 4.98 Å². The largest absolute Gasteiger partial charge is 0.369 e. The van der Waals surface area contributed by atoms with Crippen molar-refractivity contribution in [1.29, 1.82) is 0 Å². The van der Waals surface area contributed by atoms with Gasteiger partial charge in [-0.1, -0.05) is 28.9 Å². The zero-order valence-electron chi connectivity index (χ0n) is 15.7. The highest BCUT2D eigenvalue weighted by Crippen LogP contribution is 2.24. The molecule has 2 heterocycles. The lowest BCUT2D eigenvalue weighted by Crippen LogP contribution is -2.46. The van der Waals surface area contributed by atoms with Gasteiger partial charge in [-0.25, -0.2) is 0 Å². The standard InChI is InChI=1S/C21H23ClN4O/c1-15-4-3-5-19(16(15)2)26-12-10-25(11-13-26)14-20-23-21(24-27-20)17-6-8-18(22)9-7-17/h3-9H,10-14H2,1-2H3. The summed E-state index contributed by atoms with van der Waals surface area (Å²) in [6.07, 6.45) is 0. The third-order valence-corrected chi connectivity index (χ3v) is 5.47. The van der Waals surface area contributed by atoms with Gasteiger partial charge < -0.3 is 9.42 Å². The molecular formula is C21H23ClN4O. The van der Waals surface area contributed by atoms with E-state index in [-0.39, 0.29) is 0 Å². The van der Waals surface area contributed by atoms with Gasteiger partial charge in [0.1, 0.15) is 0 Å². The summed E-state index contributed by atoms with van der Waals surface area (Å²) in [6, 6.07) is 14.0. The molecule has 3 aromatic rings. The molecule has 1 saturated heterocycles. The van der Waals surface area contributed by atoms with Gasteiger partial charge in [-0.3, -0.25) is 4.90 Å². The van der Waals surface area contributed by atoms with Crippen LogP contribution in [0.3, 0.4) is 0 Å². The number of benzene rings is 2. The Morgan fingerprint density at radius 2 is 1.74 bits per heavy atom. The first-order valence-electron chi connectivity index (χ1n) is 9.22. The molecule has 0 saturated carbocycles. The Kier molecular flexibility index (Phi) is 5.14. The molecule has 0 amide bonds. The predicted octanol–water partition coefficient (Wildman–Crippen LogP) is 4.33. The number of aromatic nitrogens is 2. The molecule has 4 rings (SSSR count).